The van der Waals surface area contributed by atoms with E-state index in [2.05, 4.69) is 27.3 Å². The topological polar surface area (TPSA) is 44.4 Å². The van der Waals surface area contributed by atoms with Crippen LogP contribution in [0.15, 0.2) is 17.5 Å². The number of anilines is 1. The van der Waals surface area contributed by atoms with Crippen LogP contribution < -0.4 is 10.6 Å². The maximum Gasteiger partial charge on any atom is 0.319 e. The Hall–Kier alpha value is -0.720. The molecule has 22 heavy (non-hydrogen) atoms. The van der Waals surface area contributed by atoms with E-state index in [0.29, 0.717) is 5.92 Å². The number of rotatable bonds is 4. The fourth-order valence-electron chi connectivity index (χ4n) is 3.32. The number of thiophene rings is 1. The van der Waals surface area contributed by atoms with Crippen molar-refractivity contribution >= 4 is 34.1 Å². The Bertz CT molecular complexity index is 452. The Kier molecular flexibility index (Phi) is 6.04. The van der Waals surface area contributed by atoms with Gasteiger partial charge in [0.1, 0.15) is 0 Å². The SMILES string of the molecule is O=C(NCC1CCN(C2CCSCC2)CC1)Nc1cccs1. The Morgan fingerprint density at radius 2 is 2.00 bits per heavy atom. The highest BCUT2D eigenvalue weighted by Gasteiger charge is 2.26. The van der Waals surface area contributed by atoms with Crippen LogP contribution in [0.2, 0.25) is 0 Å². The highest BCUT2D eigenvalue weighted by molar-refractivity contribution is 7.99. The first-order valence-corrected chi connectivity index (χ1v) is 10.2. The molecule has 0 bridgehead atoms. The molecular formula is C16H25N3OS2. The lowest BCUT2D eigenvalue weighted by atomic mass is 9.94. The van der Waals surface area contributed by atoms with E-state index < -0.39 is 0 Å². The third kappa shape index (κ3) is 4.64. The van der Waals surface area contributed by atoms with Crippen LogP contribution in [0.3, 0.4) is 0 Å². The number of amides is 2. The third-order valence-corrected chi connectivity index (χ3v) is 6.50. The molecule has 0 spiro atoms. The summed E-state index contributed by atoms with van der Waals surface area (Å²) in [7, 11) is 0. The number of carbonyl (C=O) groups excluding carboxylic acids is 1. The Balaban J connectivity index is 1.34. The fourth-order valence-corrected chi connectivity index (χ4v) is 5.01. The lowest BCUT2D eigenvalue weighted by Gasteiger charge is -2.39. The Morgan fingerprint density at radius 1 is 1.23 bits per heavy atom. The first-order chi connectivity index (χ1) is 10.8. The van der Waals surface area contributed by atoms with Crippen molar-refractivity contribution in [2.45, 2.75) is 31.7 Å². The minimum atomic E-state index is -0.0748. The van der Waals surface area contributed by atoms with E-state index in [1.165, 1.54) is 50.3 Å². The molecule has 2 aliphatic heterocycles. The zero-order valence-corrected chi connectivity index (χ0v) is 14.6. The van der Waals surface area contributed by atoms with Crippen molar-refractivity contribution < 1.29 is 4.79 Å². The van der Waals surface area contributed by atoms with Crippen LogP contribution in [-0.4, -0.2) is 48.1 Å². The van der Waals surface area contributed by atoms with Crippen LogP contribution in [0.25, 0.3) is 0 Å². The van der Waals surface area contributed by atoms with Gasteiger partial charge in [0.05, 0.1) is 5.00 Å². The monoisotopic (exact) mass is 339 g/mol. The molecule has 0 atom stereocenters. The van der Waals surface area contributed by atoms with Crippen LogP contribution in [-0.2, 0) is 0 Å². The molecule has 0 unspecified atom stereocenters. The van der Waals surface area contributed by atoms with Gasteiger partial charge in [0.15, 0.2) is 0 Å². The number of carbonyl (C=O) groups is 1. The fraction of sp³-hybridized carbons (Fsp3) is 0.688. The van der Waals surface area contributed by atoms with E-state index in [4.69, 9.17) is 0 Å². The first-order valence-electron chi connectivity index (χ1n) is 8.21. The molecule has 0 aromatic carbocycles. The summed E-state index contributed by atoms with van der Waals surface area (Å²) >= 11 is 3.64. The van der Waals surface area contributed by atoms with Crippen LogP contribution in [0.1, 0.15) is 25.7 Å². The van der Waals surface area contributed by atoms with Crippen LogP contribution in [0.5, 0.6) is 0 Å². The normalized spacial score (nSPS) is 21.6. The van der Waals surface area contributed by atoms with Gasteiger partial charge in [0.2, 0.25) is 0 Å². The number of nitrogens with zero attached hydrogens (tertiary/aromatic N) is 1. The lowest BCUT2D eigenvalue weighted by molar-refractivity contribution is 0.125. The molecule has 2 fully saturated rings. The van der Waals surface area contributed by atoms with E-state index in [0.717, 1.165) is 17.6 Å². The van der Waals surface area contributed by atoms with Gasteiger partial charge in [0, 0.05) is 12.6 Å². The molecule has 3 rings (SSSR count). The van der Waals surface area contributed by atoms with Crippen molar-refractivity contribution in [2.75, 3.05) is 36.5 Å². The number of nitrogens with one attached hydrogen (secondary N) is 2. The van der Waals surface area contributed by atoms with Gasteiger partial charge in [-0.15, -0.1) is 11.3 Å². The van der Waals surface area contributed by atoms with Gasteiger partial charge in [0.25, 0.3) is 0 Å². The Labute approximate surface area is 141 Å². The van der Waals surface area contributed by atoms with Gasteiger partial charge >= 0.3 is 6.03 Å². The van der Waals surface area contributed by atoms with Crippen molar-refractivity contribution in [3.63, 3.8) is 0 Å². The maximum atomic E-state index is 11.8. The van der Waals surface area contributed by atoms with E-state index in [-0.39, 0.29) is 6.03 Å². The molecule has 6 heteroatoms. The molecule has 1 aromatic heterocycles. The average Bonchev–Trinajstić information content (AvgIpc) is 3.07. The molecule has 0 aliphatic carbocycles. The van der Waals surface area contributed by atoms with E-state index in [1.807, 2.05) is 17.5 Å². The molecule has 2 N–H and O–H groups in total. The second-order valence-electron chi connectivity index (χ2n) is 6.14. The molecule has 2 saturated heterocycles. The largest absolute Gasteiger partial charge is 0.338 e. The van der Waals surface area contributed by atoms with E-state index in [1.54, 1.807) is 11.3 Å². The number of thioether (sulfide) groups is 1. The molecule has 4 nitrogen and oxygen atoms in total. The van der Waals surface area contributed by atoms with Gasteiger partial charge < -0.3 is 10.2 Å². The second-order valence-corrected chi connectivity index (χ2v) is 8.31. The number of piperidine rings is 1. The zero-order valence-electron chi connectivity index (χ0n) is 12.9. The quantitative estimate of drug-likeness (QED) is 0.883. The molecular weight excluding hydrogens is 314 g/mol. The summed E-state index contributed by atoms with van der Waals surface area (Å²) in [4.78, 5) is 14.5. The highest BCUT2D eigenvalue weighted by Crippen LogP contribution is 2.26. The van der Waals surface area contributed by atoms with Gasteiger partial charge in [-0.2, -0.15) is 11.8 Å². The summed E-state index contributed by atoms with van der Waals surface area (Å²) < 4.78 is 0. The van der Waals surface area contributed by atoms with Crippen molar-refractivity contribution in [1.29, 1.82) is 0 Å². The first kappa shape index (κ1) is 16.1. The van der Waals surface area contributed by atoms with E-state index >= 15 is 0 Å². The molecule has 2 aliphatic rings. The number of hydrogen-bond donors (Lipinski definition) is 2. The number of urea groups is 1. The van der Waals surface area contributed by atoms with Crippen molar-refractivity contribution in [2.24, 2.45) is 5.92 Å². The summed E-state index contributed by atoms with van der Waals surface area (Å²) in [5, 5.41) is 8.77. The lowest BCUT2D eigenvalue weighted by Crippen LogP contribution is -2.45. The molecule has 122 valence electrons. The van der Waals surface area contributed by atoms with Crippen molar-refractivity contribution in [1.82, 2.24) is 10.2 Å². The number of hydrogen-bond acceptors (Lipinski definition) is 4. The predicted octanol–water partition coefficient (Wildman–Crippen LogP) is 3.48. The van der Waals surface area contributed by atoms with Gasteiger partial charge in [-0.1, -0.05) is 0 Å². The predicted molar refractivity (Wildman–Crippen MR) is 96.0 cm³/mol. The van der Waals surface area contributed by atoms with Gasteiger partial charge in [-0.25, -0.2) is 4.79 Å². The van der Waals surface area contributed by atoms with Crippen LogP contribution in [0.4, 0.5) is 9.80 Å². The van der Waals surface area contributed by atoms with Crippen LogP contribution >= 0.6 is 23.1 Å². The summed E-state index contributed by atoms with van der Waals surface area (Å²) in [6.45, 7) is 3.20. The van der Waals surface area contributed by atoms with Gasteiger partial charge in [-0.05, 0) is 73.7 Å². The molecule has 0 radical (unpaired) electrons. The zero-order chi connectivity index (χ0) is 15.2. The molecule has 3 heterocycles. The number of likely N-dealkylation sites (tertiary alicyclic amines) is 1. The smallest absolute Gasteiger partial charge is 0.319 e. The third-order valence-electron chi connectivity index (χ3n) is 4.67. The average molecular weight is 340 g/mol. The standard InChI is InChI=1S/C16H25N3OS2/c20-16(18-15-2-1-9-22-15)17-12-13-3-7-19(8-4-13)14-5-10-21-11-6-14/h1-2,9,13-14H,3-8,10-12H2,(H2,17,18,20). The van der Waals surface area contributed by atoms with Crippen molar-refractivity contribution in [3.05, 3.63) is 17.5 Å². The van der Waals surface area contributed by atoms with Crippen molar-refractivity contribution in [3.8, 4) is 0 Å². The molecule has 2 amide bonds. The molecule has 0 saturated carbocycles. The second kappa shape index (κ2) is 8.22. The summed E-state index contributed by atoms with van der Waals surface area (Å²) in [5.74, 6) is 3.28. The van der Waals surface area contributed by atoms with Gasteiger partial charge in [-0.3, -0.25) is 5.32 Å². The maximum absolute atomic E-state index is 11.8. The van der Waals surface area contributed by atoms with Crippen LogP contribution in [0, 0.1) is 5.92 Å². The minimum absolute atomic E-state index is 0.0748. The molecule has 1 aromatic rings. The Morgan fingerprint density at radius 3 is 2.68 bits per heavy atom. The highest BCUT2D eigenvalue weighted by atomic mass is 32.2. The summed E-state index contributed by atoms with van der Waals surface area (Å²) in [6, 6.07) is 4.61. The summed E-state index contributed by atoms with van der Waals surface area (Å²) in [5.41, 5.74) is 0. The van der Waals surface area contributed by atoms with E-state index in [9.17, 15) is 4.79 Å². The summed E-state index contributed by atoms with van der Waals surface area (Å²) in [6.07, 6.45) is 5.14. The minimum Gasteiger partial charge on any atom is -0.338 e.